The Kier molecular flexibility index (Phi) is 5.01. The Morgan fingerprint density at radius 2 is 1.93 bits per heavy atom. The van der Waals surface area contributed by atoms with Crippen molar-refractivity contribution in [3.63, 3.8) is 0 Å². The van der Waals surface area contributed by atoms with E-state index >= 15 is 0 Å². The molecule has 1 amide bonds. The van der Waals surface area contributed by atoms with Gasteiger partial charge in [0, 0.05) is 18.7 Å². The normalized spacial score (nSPS) is 14.7. The topological polar surface area (TPSA) is 105 Å². The Morgan fingerprint density at radius 3 is 2.66 bits per heavy atom. The van der Waals surface area contributed by atoms with Gasteiger partial charge in [-0.2, -0.15) is 0 Å². The van der Waals surface area contributed by atoms with Gasteiger partial charge in [-0.3, -0.25) is 15.0 Å². The molecule has 29 heavy (non-hydrogen) atoms. The van der Waals surface area contributed by atoms with Crippen LogP contribution in [-0.2, 0) is 4.74 Å². The number of amides is 1. The summed E-state index contributed by atoms with van der Waals surface area (Å²) in [5.41, 5.74) is 1.49. The van der Waals surface area contributed by atoms with E-state index < -0.39 is 17.1 Å². The first-order valence-corrected chi connectivity index (χ1v) is 9.16. The summed E-state index contributed by atoms with van der Waals surface area (Å²) in [6, 6.07) is 17.8. The number of hydrogen-bond acceptors (Lipinski definition) is 6. The number of non-ortho nitro benzene ring substituents is 1. The lowest BCUT2D eigenvalue weighted by atomic mass is 10.0. The van der Waals surface area contributed by atoms with Crippen LogP contribution in [-0.4, -0.2) is 35.8 Å². The molecule has 3 aromatic carbocycles. The maximum atomic E-state index is 11.9. The number of anilines is 2. The van der Waals surface area contributed by atoms with Crippen molar-refractivity contribution >= 4 is 33.9 Å². The van der Waals surface area contributed by atoms with Gasteiger partial charge in [0.15, 0.2) is 0 Å². The van der Waals surface area contributed by atoms with Crippen LogP contribution in [0, 0.1) is 10.1 Å². The van der Waals surface area contributed by atoms with Gasteiger partial charge in [0.05, 0.1) is 28.9 Å². The van der Waals surface area contributed by atoms with Crippen LogP contribution in [0.25, 0.3) is 10.8 Å². The highest BCUT2D eigenvalue weighted by molar-refractivity contribution is 5.94. The summed E-state index contributed by atoms with van der Waals surface area (Å²) in [6.45, 7) is 0.703. The number of nitrogens with one attached hydrogen (secondary N) is 1. The molecule has 1 aliphatic heterocycles. The monoisotopic (exact) mass is 393 g/mol. The van der Waals surface area contributed by atoms with Gasteiger partial charge in [-0.15, -0.1) is 0 Å². The molecule has 0 radical (unpaired) electrons. The Labute approximate surface area is 166 Å². The van der Waals surface area contributed by atoms with Gasteiger partial charge in [0.1, 0.15) is 6.61 Å². The third kappa shape index (κ3) is 3.83. The second-order valence-corrected chi connectivity index (χ2v) is 6.73. The molecule has 4 rings (SSSR count). The predicted molar refractivity (Wildman–Crippen MR) is 109 cm³/mol. The van der Waals surface area contributed by atoms with E-state index in [0.717, 1.165) is 16.3 Å². The van der Waals surface area contributed by atoms with Crippen LogP contribution in [0.5, 0.6) is 0 Å². The van der Waals surface area contributed by atoms with Crippen LogP contribution < -0.4 is 10.2 Å². The Morgan fingerprint density at radius 1 is 1.14 bits per heavy atom. The molecule has 8 nitrogen and oxygen atoms in total. The molecule has 1 atom stereocenters. The minimum atomic E-state index is -0.798. The van der Waals surface area contributed by atoms with E-state index in [0.29, 0.717) is 17.9 Å². The van der Waals surface area contributed by atoms with Crippen LogP contribution in [0.2, 0.25) is 0 Å². The minimum Gasteiger partial charge on any atom is -0.447 e. The smallest absolute Gasteiger partial charge is 0.414 e. The van der Waals surface area contributed by atoms with E-state index in [4.69, 9.17) is 4.74 Å². The number of rotatable bonds is 6. The molecule has 148 valence electrons. The third-order valence-corrected chi connectivity index (χ3v) is 4.89. The highest BCUT2D eigenvalue weighted by Gasteiger charge is 2.27. The lowest BCUT2D eigenvalue weighted by Crippen LogP contribution is -2.25. The number of fused-ring (bicyclic) bond motifs is 1. The van der Waals surface area contributed by atoms with Crippen molar-refractivity contribution in [2.24, 2.45) is 0 Å². The average Bonchev–Trinajstić information content (AvgIpc) is 3.17. The summed E-state index contributed by atoms with van der Waals surface area (Å²) in [6.07, 6.45) is -1.35. The number of carbonyl (C=O) groups is 1. The largest absolute Gasteiger partial charge is 0.447 e. The van der Waals surface area contributed by atoms with Crippen molar-refractivity contribution in [2.75, 3.05) is 29.9 Å². The lowest BCUT2D eigenvalue weighted by Gasteiger charge is -2.20. The zero-order valence-electron chi connectivity index (χ0n) is 15.4. The van der Waals surface area contributed by atoms with E-state index in [1.54, 1.807) is 0 Å². The number of ether oxygens (including phenoxy) is 1. The number of nitrogens with zero attached hydrogens (tertiary/aromatic N) is 2. The first kappa shape index (κ1) is 18.7. The van der Waals surface area contributed by atoms with Crippen molar-refractivity contribution in [1.82, 2.24) is 0 Å². The van der Waals surface area contributed by atoms with Gasteiger partial charge in [-0.1, -0.05) is 36.4 Å². The number of aliphatic hydroxyl groups excluding tert-OH is 1. The predicted octanol–water partition coefficient (Wildman–Crippen LogP) is 3.85. The van der Waals surface area contributed by atoms with Crippen molar-refractivity contribution in [3.05, 3.63) is 76.3 Å². The third-order valence-electron chi connectivity index (χ3n) is 4.89. The van der Waals surface area contributed by atoms with Crippen molar-refractivity contribution in [3.8, 4) is 0 Å². The summed E-state index contributed by atoms with van der Waals surface area (Å²) in [5.74, 6) is 0. The fourth-order valence-electron chi connectivity index (χ4n) is 3.36. The highest BCUT2D eigenvalue weighted by atomic mass is 16.6. The molecule has 0 spiro atoms. The molecule has 1 aliphatic rings. The van der Waals surface area contributed by atoms with Crippen LogP contribution >= 0.6 is 0 Å². The van der Waals surface area contributed by atoms with Gasteiger partial charge in [0.25, 0.3) is 5.69 Å². The molecule has 1 unspecified atom stereocenters. The Hall–Kier alpha value is -3.65. The fraction of sp³-hybridized carbons (Fsp3) is 0.190. The van der Waals surface area contributed by atoms with E-state index in [2.05, 4.69) is 5.32 Å². The zero-order chi connectivity index (χ0) is 20.4. The number of benzene rings is 3. The molecule has 3 aromatic rings. The van der Waals surface area contributed by atoms with Crippen LogP contribution in [0.3, 0.4) is 0 Å². The van der Waals surface area contributed by atoms with Gasteiger partial charge in [-0.25, -0.2) is 4.79 Å². The van der Waals surface area contributed by atoms with Crippen molar-refractivity contribution < 1.29 is 19.6 Å². The van der Waals surface area contributed by atoms with Crippen LogP contribution in [0.1, 0.15) is 11.7 Å². The van der Waals surface area contributed by atoms with E-state index in [-0.39, 0.29) is 18.8 Å². The van der Waals surface area contributed by atoms with Gasteiger partial charge in [-0.05, 0) is 28.5 Å². The molecule has 0 aliphatic carbocycles. The maximum Gasteiger partial charge on any atom is 0.414 e. The molecule has 8 heteroatoms. The summed E-state index contributed by atoms with van der Waals surface area (Å²) < 4.78 is 4.95. The summed E-state index contributed by atoms with van der Waals surface area (Å²) >= 11 is 0. The molecule has 1 heterocycles. The number of nitro benzene ring substituents is 1. The van der Waals surface area contributed by atoms with Gasteiger partial charge >= 0.3 is 6.09 Å². The lowest BCUT2D eigenvalue weighted by molar-refractivity contribution is -0.384. The standard InChI is InChI=1S/C21H19N3O5/c25-20(16-6-5-14-3-1-2-4-15(14)11-16)13-22-18-8-7-17(24(27)28)12-19(18)23-9-10-29-21(23)26/h1-8,11-12,20,22,25H,9-10,13H2. The number of cyclic esters (lactones) is 1. The first-order chi connectivity index (χ1) is 14.0. The Balaban J connectivity index is 1.56. The number of nitro groups is 1. The number of hydrogen-bond donors (Lipinski definition) is 2. The second kappa shape index (κ2) is 7.76. The molecular formula is C21H19N3O5. The highest BCUT2D eigenvalue weighted by Crippen LogP contribution is 2.33. The van der Waals surface area contributed by atoms with Gasteiger partial charge in [0.2, 0.25) is 0 Å². The number of carbonyl (C=O) groups excluding carboxylic acids is 1. The fourth-order valence-corrected chi connectivity index (χ4v) is 3.36. The summed E-state index contributed by atoms with van der Waals surface area (Å²) in [5, 5.41) is 27.0. The summed E-state index contributed by atoms with van der Waals surface area (Å²) in [4.78, 5) is 23.9. The average molecular weight is 393 g/mol. The van der Waals surface area contributed by atoms with Crippen LogP contribution in [0.15, 0.2) is 60.7 Å². The molecular weight excluding hydrogens is 374 g/mol. The SMILES string of the molecule is O=C1OCCN1c1cc([N+](=O)[O-])ccc1NCC(O)c1ccc2ccccc2c1. The quantitative estimate of drug-likeness (QED) is 0.487. The van der Waals surface area contributed by atoms with Crippen LogP contribution in [0.4, 0.5) is 21.9 Å². The molecule has 0 saturated carbocycles. The first-order valence-electron chi connectivity index (χ1n) is 9.16. The summed E-state index contributed by atoms with van der Waals surface area (Å²) in [7, 11) is 0. The van der Waals surface area contributed by atoms with Crippen molar-refractivity contribution in [2.45, 2.75) is 6.10 Å². The number of aliphatic hydroxyl groups is 1. The van der Waals surface area contributed by atoms with E-state index in [1.807, 2.05) is 42.5 Å². The zero-order valence-corrected chi connectivity index (χ0v) is 15.4. The van der Waals surface area contributed by atoms with E-state index in [1.165, 1.54) is 23.1 Å². The molecule has 0 aromatic heterocycles. The molecule has 0 bridgehead atoms. The molecule has 2 N–H and O–H groups in total. The molecule has 1 saturated heterocycles. The van der Waals surface area contributed by atoms with Crippen molar-refractivity contribution in [1.29, 1.82) is 0 Å². The van der Waals surface area contributed by atoms with E-state index in [9.17, 15) is 20.0 Å². The van der Waals surface area contributed by atoms with Gasteiger partial charge < -0.3 is 15.2 Å². The second-order valence-electron chi connectivity index (χ2n) is 6.73. The maximum absolute atomic E-state index is 11.9. The minimum absolute atomic E-state index is 0.125. The Bertz CT molecular complexity index is 1080. The molecule has 1 fully saturated rings.